The van der Waals surface area contributed by atoms with E-state index in [1.165, 1.54) is 0 Å². The number of carbonyl (C=O) groups is 1. The average molecular weight is 284 g/mol. The van der Waals surface area contributed by atoms with E-state index in [0.717, 1.165) is 0 Å². The first-order chi connectivity index (χ1) is 7.65. The predicted octanol–water partition coefficient (Wildman–Crippen LogP) is 1.05. The lowest BCUT2D eigenvalue weighted by atomic mass is 10.3. The van der Waals surface area contributed by atoms with E-state index in [1.54, 1.807) is 24.3 Å². The van der Waals surface area contributed by atoms with Crippen LogP contribution in [0.5, 0.6) is 5.75 Å². The van der Waals surface area contributed by atoms with Crippen LogP contribution in [0.2, 0.25) is 0 Å². The predicted molar refractivity (Wildman–Crippen MR) is 62.7 cm³/mol. The Kier molecular flexibility index (Phi) is 4.61. The number of amides is 1. The number of ether oxygens (including phenoxy) is 1. The molecule has 0 bridgehead atoms. The number of rotatable bonds is 4. The highest BCUT2D eigenvalue weighted by Gasteiger charge is 2.06. The van der Waals surface area contributed by atoms with Gasteiger partial charge in [-0.25, -0.2) is 0 Å². The number of nitrogens with two attached hydrogens (primary N) is 1. The van der Waals surface area contributed by atoms with Crippen molar-refractivity contribution in [2.45, 2.75) is 0 Å². The van der Waals surface area contributed by atoms with Crippen molar-refractivity contribution in [3.05, 3.63) is 22.7 Å². The van der Waals surface area contributed by atoms with E-state index in [4.69, 9.17) is 15.7 Å². The summed E-state index contributed by atoms with van der Waals surface area (Å²) in [4.78, 5) is 11.1. The van der Waals surface area contributed by atoms with Gasteiger partial charge in [-0.3, -0.25) is 4.79 Å². The van der Waals surface area contributed by atoms with E-state index in [1.807, 2.05) is 0 Å². The number of nitrogens with zero attached hydrogens (tertiary/aromatic N) is 1. The molecule has 0 atom stereocenters. The zero-order valence-corrected chi connectivity index (χ0v) is 9.95. The maximum absolute atomic E-state index is 11.1. The van der Waals surface area contributed by atoms with Crippen LogP contribution in [0.4, 0.5) is 5.69 Å². The van der Waals surface area contributed by atoms with E-state index in [9.17, 15) is 4.79 Å². The molecule has 0 aliphatic carbocycles. The van der Waals surface area contributed by atoms with Crippen molar-refractivity contribution in [2.24, 2.45) is 0 Å². The van der Waals surface area contributed by atoms with Crippen LogP contribution < -0.4 is 15.8 Å². The molecule has 0 heterocycles. The number of nitriles is 1. The van der Waals surface area contributed by atoms with Crippen molar-refractivity contribution in [3.63, 3.8) is 0 Å². The summed E-state index contributed by atoms with van der Waals surface area (Å²) in [5.41, 5.74) is 6.17. The van der Waals surface area contributed by atoms with Crippen molar-refractivity contribution >= 4 is 27.5 Å². The second-order valence-corrected chi connectivity index (χ2v) is 3.68. The third kappa shape index (κ3) is 3.44. The highest BCUT2D eigenvalue weighted by Crippen LogP contribution is 2.29. The fraction of sp³-hybridized carbons (Fsp3) is 0.200. The Balaban J connectivity index is 2.52. The van der Waals surface area contributed by atoms with Crippen molar-refractivity contribution in [1.29, 1.82) is 5.26 Å². The molecule has 0 unspecified atom stereocenters. The van der Waals surface area contributed by atoms with Gasteiger partial charge in [-0.05, 0) is 28.1 Å². The van der Waals surface area contributed by atoms with Crippen LogP contribution in [0.3, 0.4) is 0 Å². The van der Waals surface area contributed by atoms with Crippen molar-refractivity contribution < 1.29 is 9.53 Å². The number of anilines is 1. The fourth-order valence-electron chi connectivity index (χ4n) is 0.972. The molecule has 0 aliphatic rings. The first-order valence-corrected chi connectivity index (χ1v) is 5.25. The van der Waals surface area contributed by atoms with E-state index in [0.29, 0.717) is 15.9 Å². The molecule has 0 aromatic heterocycles. The Hall–Kier alpha value is -1.74. The lowest BCUT2D eigenvalue weighted by Crippen LogP contribution is -2.29. The molecule has 1 rings (SSSR count). The lowest BCUT2D eigenvalue weighted by molar-refractivity contribution is -0.122. The van der Waals surface area contributed by atoms with Crippen LogP contribution in [-0.2, 0) is 4.79 Å². The summed E-state index contributed by atoms with van der Waals surface area (Å²) in [6.07, 6.45) is 0. The monoisotopic (exact) mass is 283 g/mol. The SMILES string of the molecule is N#CCNC(=O)COc1cccc(N)c1Br. The van der Waals surface area contributed by atoms with Gasteiger partial charge in [0.25, 0.3) is 5.91 Å². The van der Waals surface area contributed by atoms with Gasteiger partial charge in [-0.1, -0.05) is 6.07 Å². The van der Waals surface area contributed by atoms with E-state index >= 15 is 0 Å². The average Bonchev–Trinajstić information content (AvgIpc) is 2.28. The number of benzene rings is 1. The van der Waals surface area contributed by atoms with Gasteiger partial charge >= 0.3 is 0 Å². The standard InChI is InChI=1S/C10H10BrN3O2/c11-10-7(13)2-1-3-8(10)16-6-9(15)14-5-4-12/h1-3H,5-6,13H2,(H,14,15). The molecule has 6 heteroatoms. The zero-order chi connectivity index (χ0) is 12.0. The molecular formula is C10H10BrN3O2. The zero-order valence-electron chi connectivity index (χ0n) is 8.37. The number of nitrogens with one attached hydrogen (secondary N) is 1. The molecule has 0 spiro atoms. The van der Waals surface area contributed by atoms with Crippen LogP contribution in [0.15, 0.2) is 22.7 Å². The molecule has 84 valence electrons. The summed E-state index contributed by atoms with van der Waals surface area (Å²) < 4.78 is 5.84. The van der Waals surface area contributed by atoms with Crippen molar-refractivity contribution in [3.8, 4) is 11.8 Å². The third-order valence-corrected chi connectivity index (χ3v) is 2.57. The Morgan fingerprint density at radius 1 is 1.62 bits per heavy atom. The molecule has 3 N–H and O–H groups in total. The molecule has 1 amide bonds. The second kappa shape index (κ2) is 5.98. The van der Waals surface area contributed by atoms with Gasteiger partial charge in [-0.2, -0.15) is 5.26 Å². The van der Waals surface area contributed by atoms with Gasteiger partial charge in [0.15, 0.2) is 6.61 Å². The molecule has 16 heavy (non-hydrogen) atoms. The second-order valence-electron chi connectivity index (χ2n) is 2.88. The van der Waals surface area contributed by atoms with Crippen molar-refractivity contribution in [2.75, 3.05) is 18.9 Å². The number of hydrogen-bond donors (Lipinski definition) is 2. The fourth-order valence-corrected chi connectivity index (χ4v) is 1.35. The van der Waals surface area contributed by atoms with Crippen LogP contribution in [0, 0.1) is 11.3 Å². The van der Waals surface area contributed by atoms with Gasteiger partial charge in [0.2, 0.25) is 0 Å². The van der Waals surface area contributed by atoms with E-state index in [-0.39, 0.29) is 19.1 Å². The van der Waals surface area contributed by atoms with Crippen LogP contribution in [-0.4, -0.2) is 19.1 Å². The first-order valence-electron chi connectivity index (χ1n) is 4.45. The highest BCUT2D eigenvalue weighted by molar-refractivity contribution is 9.10. The minimum Gasteiger partial charge on any atom is -0.483 e. The van der Waals surface area contributed by atoms with Gasteiger partial charge < -0.3 is 15.8 Å². The smallest absolute Gasteiger partial charge is 0.258 e. The molecular weight excluding hydrogens is 274 g/mol. The minimum absolute atomic E-state index is 0.0275. The number of hydrogen-bond acceptors (Lipinski definition) is 4. The minimum atomic E-state index is -0.351. The Morgan fingerprint density at radius 3 is 3.06 bits per heavy atom. The summed E-state index contributed by atoms with van der Waals surface area (Å²) in [5, 5.41) is 10.6. The summed E-state index contributed by atoms with van der Waals surface area (Å²) in [6.45, 7) is -0.177. The topological polar surface area (TPSA) is 88.1 Å². The Labute approximate surface area is 101 Å². The van der Waals surface area contributed by atoms with Crippen molar-refractivity contribution in [1.82, 2.24) is 5.32 Å². The maximum Gasteiger partial charge on any atom is 0.258 e. The molecule has 1 aromatic rings. The quantitative estimate of drug-likeness (QED) is 0.639. The summed E-state index contributed by atoms with van der Waals surface area (Å²) in [7, 11) is 0. The number of halogens is 1. The summed E-state index contributed by atoms with van der Waals surface area (Å²) in [6, 6.07) is 6.93. The summed E-state index contributed by atoms with van der Waals surface area (Å²) >= 11 is 3.25. The van der Waals surface area contributed by atoms with Crippen LogP contribution >= 0.6 is 15.9 Å². The molecule has 5 nitrogen and oxygen atoms in total. The number of carbonyl (C=O) groups excluding carboxylic acids is 1. The van der Waals surface area contributed by atoms with Gasteiger partial charge in [0, 0.05) is 5.69 Å². The first kappa shape index (κ1) is 12.3. The van der Waals surface area contributed by atoms with Crippen LogP contribution in [0.1, 0.15) is 0 Å². The van der Waals surface area contributed by atoms with Gasteiger partial charge in [-0.15, -0.1) is 0 Å². The Morgan fingerprint density at radius 2 is 2.38 bits per heavy atom. The summed E-state index contributed by atoms with van der Waals surface area (Å²) in [5.74, 6) is 0.142. The Bertz CT molecular complexity index is 429. The lowest BCUT2D eigenvalue weighted by Gasteiger charge is -2.08. The molecule has 1 aromatic carbocycles. The normalized spacial score (nSPS) is 9.25. The van der Waals surface area contributed by atoms with Gasteiger partial charge in [0.1, 0.15) is 12.3 Å². The van der Waals surface area contributed by atoms with Crippen LogP contribution in [0.25, 0.3) is 0 Å². The molecule has 0 saturated carbocycles. The highest BCUT2D eigenvalue weighted by atomic mass is 79.9. The van der Waals surface area contributed by atoms with E-state index in [2.05, 4.69) is 21.2 Å². The molecule has 0 radical (unpaired) electrons. The van der Waals surface area contributed by atoms with Gasteiger partial charge in [0.05, 0.1) is 10.5 Å². The molecule has 0 fully saturated rings. The van der Waals surface area contributed by atoms with E-state index < -0.39 is 0 Å². The number of nitrogen functional groups attached to an aromatic ring is 1. The maximum atomic E-state index is 11.1. The molecule has 0 saturated heterocycles. The largest absolute Gasteiger partial charge is 0.483 e. The third-order valence-electron chi connectivity index (χ3n) is 1.72. The molecule has 0 aliphatic heterocycles.